The van der Waals surface area contributed by atoms with E-state index in [-0.39, 0.29) is 11.7 Å². The summed E-state index contributed by atoms with van der Waals surface area (Å²) in [7, 11) is 0. The summed E-state index contributed by atoms with van der Waals surface area (Å²) in [5.74, 6) is 0.666. The summed E-state index contributed by atoms with van der Waals surface area (Å²) in [4.78, 5) is 18.8. The van der Waals surface area contributed by atoms with Gasteiger partial charge in [-0.25, -0.2) is 9.37 Å². The Morgan fingerprint density at radius 1 is 1.22 bits per heavy atom. The van der Waals surface area contributed by atoms with E-state index < -0.39 is 11.0 Å². The summed E-state index contributed by atoms with van der Waals surface area (Å²) in [6.45, 7) is 1.96. The molecule has 2 N–H and O–H groups in total. The molecule has 2 aromatic rings. The number of carbonyl (C=O) groups excluding carboxylic acids is 1. The first kappa shape index (κ1) is 17.3. The molecule has 4 saturated carbocycles. The zero-order chi connectivity index (χ0) is 18.8. The van der Waals surface area contributed by atoms with E-state index in [0.29, 0.717) is 23.4 Å². The van der Waals surface area contributed by atoms with Crippen LogP contribution in [0.5, 0.6) is 0 Å². The Labute approximate surface area is 161 Å². The van der Waals surface area contributed by atoms with Gasteiger partial charge in [0, 0.05) is 10.4 Å². The Bertz CT molecular complexity index is 893. The third-order valence-electron chi connectivity index (χ3n) is 6.65. The number of benzene rings is 1. The number of halogens is 1. The highest BCUT2D eigenvalue weighted by Crippen LogP contribution is 2.61. The molecule has 4 aliphatic carbocycles. The average Bonchev–Trinajstić information content (AvgIpc) is 2.93. The first-order valence-electron chi connectivity index (χ1n) is 9.61. The van der Waals surface area contributed by atoms with Crippen LogP contribution in [-0.4, -0.2) is 21.6 Å². The standard InChI is InChI=1S/C21H23FN2O2S/c1-12-17(15-2-4-16(22)5-3-15)23-19(27-12)24-18(25)20-7-13-6-14(8-20)10-21(26,9-13)11-20/h2-5,13-14,26H,6-11H2,1H3,(H,23,24,25)/t13-,14+,20?,21?. The van der Waals surface area contributed by atoms with Crippen LogP contribution >= 0.6 is 11.3 Å². The fourth-order valence-corrected chi connectivity index (χ4v) is 6.87. The van der Waals surface area contributed by atoms with Gasteiger partial charge in [0.2, 0.25) is 5.91 Å². The zero-order valence-corrected chi connectivity index (χ0v) is 16.1. The predicted octanol–water partition coefficient (Wildman–Crippen LogP) is 4.53. The number of amides is 1. The zero-order valence-electron chi connectivity index (χ0n) is 15.3. The molecule has 4 nitrogen and oxygen atoms in total. The Morgan fingerprint density at radius 2 is 1.89 bits per heavy atom. The van der Waals surface area contributed by atoms with Crippen molar-refractivity contribution < 1.29 is 14.3 Å². The molecule has 4 atom stereocenters. The molecule has 4 bridgehead atoms. The van der Waals surface area contributed by atoms with E-state index in [1.807, 2.05) is 6.92 Å². The topological polar surface area (TPSA) is 62.2 Å². The van der Waals surface area contributed by atoms with Crippen LogP contribution in [0.15, 0.2) is 24.3 Å². The number of nitrogens with one attached hydrogen (secondary N) is 1. The van der Waals surface area contributed by atoms with Crippen LogP contribution in [0.4, 0.5) is 9.52 Å². The third kappa shape index (κ3) is 2.90. The number of hydrogen-bond donors (Lipinski definition) is 2. The van der Waals surface area contributed by atoms with E-state index in [9.17, 15) is 14.3 Å². The number of thiazole rings is 1. The fourth-order valence-electron chi connectivity index (χ4n) is 6.04. The second-order valence-electron chi connectivity index (χ2n) is 8.85. The normalized spacial score (nSPS) is 34.0. The second-order valence-corrected chi connectivity index (χ2v) is 10.1. The maximum absolute atomic E-state index is 13.2. The highest BCUT2D eigenvalue weighted by molar-refractivity contribution is 7.16. The van der Waals surface area contributed by atoms with Crippen molar-refractivity contribution in [3.05, 3.63) is 35.0 Å². The van der Waals surface area contributed by atoms with Crippen molar-refractivity contribution in [2.75, 3.05) is 5.32 Å². The molecule has 0 radical (unpaired) electrons. The van der Waals surface area contributed by atoms with E-state index in [1.165, 1.54) is 23.5 Å². The maximum Gasteiger partial charge on any atom is 0.232 e. The van der Waals surface area contributed by atoms with Gasteiger partial charge in [0.25, 0.3) is 0 Å². The van der Waals surface area contributed by atoms with E-state index >= 15 is 0 Å². The van der Waals surface area contributed by atoms with Gasteiger partial charge >= 0.3 is 0 Å². The summed E-state index contributed by atoms with van der Waals surface area (Å²) in [5.41, 5.74) is 0.516. The average molecular weight is 386 g/mol. The van der Waals surface area contributed by atoms with Gasteiger partial charge in [-0.1, -0.05) is 0 Å². The highest BCUT2D eigenvalue weighted by atomic mass is 32.1. The van der Waals surface area contributed by atoms with Crippen molar-refractivity contribution in [2.45, 2.75) is 51.0 Å². The molecular formula is C21H23FN2O2S. The molecule has 0 aliphatic heterocycles. The summed E-state index contributed by atoms with van der Waals surface area (Å²) >= 11 is 1.45. The summed E-state index contributed by atoms with van der Waals surface area (Å²) in [6.07, 6.45) is 5.20. The van der Waals surface area contributed by atoms with Gasteiger partial charge < -0.3 is 10.4 Å². The van der Waals surface area contributed by atoms with Crippen LogP contribution in [0, 0.1) is 30.0 Å². The fraction of sp³-hybridized carbons (Fsp3) is 0.524. The minimum Gasteiger partial charge on any atom is -0.390 e. The number of aryl methyl sites for hydroxylation is 1. The maximum atomic E-state index is 13.2. The number of carbonyl (C=O) groups is 1. The molecule has 2 unspecified atom stereocenters. The van der Waals surface area contributed by atoms with Crippen molar-refractivity contribution in [1.82, 2.24) is 4.98 Å². The van der Waals surface area contributed by atoms with E-state index in [1.54, 1.807) is 12.1 Å². The molecule has 1 aromatic heterocycles. The van der Waals surface area contributed by atoms with Gasteiger partial charge in [-0.2, -0.15) is 0 Å². The Kier molecular flexibility index (Phi) is 3.75. The van der Waals surface area contributed by atoms with Crippen molar-refractivity contribution in [3.63, 3.8) is 0 Å². The van der Waals surface area contributed by atoms with Gasteiger partial charge in [0.05, 0.1) is 16.7 Å². The second kappa shape index (κ2) is 5.85. The lowest BCUT2D eigenvalue weighted by Gasteiger charge is -2.59. The molecule has 1 aromatic carbocycles. The van der Waals surface area contributed by atoms with Gasteiger partial charge in [0.1, 0.15) is 5.82 Å². The molecular weight excluding hydrogens is 363 g/mol. The lowest BCUT2D eigenvalue weighted by Crippen LogP contribution is -2.59. The molecule has 0 spiro atoms. The first-order chi connectivity index (χ1) is 12.8. The smallest absolute Gasteiger partial charge is 0.232 e. The number of hydrogen-bond acceptors (Lipinski definition) is 4. The minimum absolute atomic E-state index is 0.00873. The first-order valence-corrected chi connectivity index (χ1v) is 10.4. The number of nitrogens with zero attached hydrogens (tertiary/aromatic N) is 1. The minimum atomic E-state index is -0.653. The molecule has 4 aliphatic rings. The van der Waals surface area contributed by atoms with Crippen LogP contribution in [-0.2, 0) is 4.79 Å². The van der Waals surface area contributed by atoms with E-state index in [4.69, 9.17) is 0 Å². The lowest BCUT2D eigenvalue weighted by atomic mass is 9.47. The molecule has 6 heteroatoms. The summed E-state index contributed by atoms with van der Waals surface area (Å²) in [6, 6.07) is 6.25. The number of anilines is 1. The number of rotatable bonds is 3. The number of aromatic nitrogens is 1. The van der Waals surface area contributed by atoms with Gasteiger partial charge in [-0.05, 0) is 81.5 Å². The van der Waals surface area contributed by atoms with Gasteiger partial charge in [-0.3, -0.25) is 4.79 Å². The lowest BCUT2D eigenvalue weighted by molar-refractivity contribution is -0.174. The molecule has 6 rings (SSSR count). The van der Waals surface area contributed by atoms with Gasteiger partial charge in [-0.15, -0.1) is 11.3 Å². The largest absolute Gasteiger partial charge is 0.390 e. The SMILES string of the molecule is Cc1sc(NC(=O)C23C[C@@H]4C[C@@H](CC(O)(C4)C2)C3)nc1-c1ccc(F)cc1. The molecule has 1 amide bonds. The van der Waals surface area contributed by atoms with Crippen LogP contribution in [0.2, 0.25) is 0 Å². The van der Waals surface area contributed by atoms with E-state index in [0.717, 1.165) is 48.2 Å². The van der Waals surface area contributed by atoms with Crippen LogP contribution in [0.3, 0.4) is 0 Å². The van der Waals surface area contributed by atoms with Crippen molar-refractivity contribution in [1.29, 1.82) is 0 Å². The quantitative estimate of drug-likeness (QED) is 0.815. The highest BCUT2D eigenvalue weighted by Gasteiger charge is 2.60. The molecule has 1 heterocycles. The van der Waals surface area contributed by atoms with Crippen molar-refractivity contribution in [3.8, 4) is 11.3 Å². The molecule has 142 valence electrons. The molecule has 4 fully saturated rings. The van der Waals surface area contributed by atoms with Crippen molar-refractivity contribution >= 4 is 22.4 Å². The van der Waals surface area contributed by atoms with Crippen LogP contribution in [0.1, 0.15) is 43.4 Å². The Balaban J connectivity index is 1.39. The predicted molar refractivity (Wildman–Crippen MR) is 103 cm³/mol. The monoisotopic (exact) mass is 386 g/mol. The van der Waals surface area contributed by atoms with E-state index in [2.05, 4.69) is 10.3 Å². The number of aliphatic hydroxyl groups is 1. The Hall–Kier alpha value is -1.79. The van der Waals surface area contributed by atoms with Gasteiger partial charge in [0.15, 0.2) is 5.13 Å². The Morgan fingerprint density at radius 3 is 2.52 bits per heavy atom. The molecule has 27 heavy (non-hydrogen) atoms. The summed E-state index contributed by atoms with van der Waals surface area (Å²) in [5, 5.41) is 14.5. The van der Waals surface area contributed by atoms with Crippen molar-refractivity contribution in [2.24, 2.45) is 17.3 Å². The summed E-state index contributed by atoms with van der Waals surface area (Å²) < 4.78 is 13.2. The third-order valence-corrected chi connectivity index (χ3v) is 7.53. The van der Waals surface area contributed by atoms with Crippen LogP contribution in [0.25, 0.3) is 11.3 Å². The molecule has 0 saturated heterocycles. The van der Waals surface area contributed by atoms with Crippen LogP contribution < -0.4 is 5.32 Å².